The zero-order chi connectivity index (χ0) is 14.8. The first-order valence-corrected chi connectivity index (χ1v) is 7.99. The van der Waals surface area contributed by atoms with E-state index in [1.807, 2.05) is 6.07 Å². The van der Waals surface area contributed by atoms with Gasteiger partial charge in [-0.2, -0.15) is 5.26 Å². The molecule has 1 aromatic carbocycles. The van der Waals surface area contributed by atoms with E-state index in [1.165, 1.54) is 19.2 Å². The molecule has 1 atom stereocenters. The van der Waals surface area contributed by atoms with Crippen molar-refractivity contribution in [3.8, 4) is 6.07 Å². The van der Waals surface area contributed by atoms with Gasteiger partial charge in [0.2, 0.25) is 10.0 Å². The molecule has 0 spiro atoms. The Bertz CT molecular complexity index is 640. The maximum atomic E-state index is 14.0. The predicted octanol–water partition coefficient (Wildman–Crippen LogP) is 1.22. The van der Waals surface area contributed by atoms with Gasteiger partial charge >= 0.3 is 0 Å². The number of rotatable bonds is 4. The van der Waals surface area contributed by atoms with Crippen LogP contribution in [0.3, 0.4) is 0 Å². The summed E-state index contributed by atoms with van der Waals surface area (Å²) in [5.74, 6) is -0.541. The summed E-state index contributed by atoms with van der Waals surface area (Å²) in [5, 5.41) is 8.74. The Morgan fingerprint density at radius 1 is 1.55 bits per heavy atom. The molecule has 20 heavy (non-hydrogen) atoms. The molecule has 108 valence electrons. The molecule has 7 heteroatoms. The van der Waals surface area contributed by atoms with E-state index in [1.54, 1.807) is 11.0 Å². The number of halogens is 1. The van der Waals surface area contributed by atoms with Crippen molar-refractivity contribution in [2.24, 2.45) is 0 Å². The number of anilines is 1. The fourth-order valence-electron chi connectivity index (χ4n) is 2.47. The first-order chi connectivity index (χ1) is 9.46. The Hall–Kier alpha value is -1.65. The van der Waals surface area contributed by atoms with E-state index in [-0.39, 0.29) is 17.4 Å². The van der Waals surface area contributed by atoms with Gasteiger partial charge in [-0.3, -0.25) is 0 Å². The Morgan fingerprint density at radius 2 is 2.30 bits per heavy atom. The summed E-state index contributed by atoms with van der Waals surface area (Å²) in [6.07, 6.45) is 1.53. The molecule has 1 fully saturated rings. The van der Waals surface area contributed by atoms with Crippen molar-refractivity contribution in [3.05, 3.63) is 29.6 Å². The summed E-state index contributed by atoms with van der Waals surface area (Å²) < 4.78 is 39.6. The molecule has 5 nitrogen and oxygen atoms in total. The molecule has 1 aliphatic heterocycles. The highest BCUT2D eigenvalue weighted by atomic mass is 32.2. The normalized spacial score (nSPS) is 19.1. The van der Waals surface area contributed by atoms with Crippen molar-refractivity contribution in [2.45, 2.75) is 18.9 Å². The van der Waals surface area contributed by atoms with E-state index in [4.69, 9.17) is 5.26 Å². The second-order valence-corrected chi connectivity index (χ2v) is 6.72. The number of nitrogens with one attached hydrogen (secondary N) is 1. The van der Waals surface area contributed by atoms with Crippen molar-refractivity contribution in [2.75, 3.05) is 24.2 Å². The van der Waals surface area contributed by atoms with Crippen molar-refractivity contribution in [1.29, 1.82) is 5.26 Å². The largest absolute Gasteiger partial charge is 0.365 e. The minimum Gasteiger partial charge on any atom is -0.365 e. The topological polar surface area (TPSA) is 73.2 Å². The zero-order valence-electron chi connectivity index (χ0n) is 11.1. The molecule has 1 saturated heterocycles. The van der Waals surface area contributed by atoms with E-state index in [2.05, 4.69) is 4.72 Å². The number of hydrogen-bond acceptors (Lipinski definition) is 4. The fourth-order valence-corrected chi connectivity index (χ4v) is 3.49. The van der Waals surface area contributed by atoms with Crippen molar-refractivity contribution >= 4 is 15.7 Å². The minimum absolute atomic E-state index is 0.0526. The highest BCUT2D eigenvalue weighted by Gasteiger charge is 2.30. The second-order valence-electron chi connectivity index (χ2n) is 4.75. The zero-order valence-corrected chi connectivity index (χ0v) is 12.0. The molecule has 0 bridgehead atoms. The van der Waals surface area contributed by atoms with Crippen LogP contribution in [0.2, 0.25) is 0 Å². The Kier molecular flexibility index (Phi) is 4.26. The van der Waals surface area contributed by atoms with Crippen LogP contribution < -0.4 is 9.62 Å². The molecular formula is C13H16FN3O2S. The van der Waals surface area contributed by atoms with Crippen LogP contribution in [0, 0.1) is 17.1 Å². The molecule has 1 heterocycles. The molecule has 0 saturated carbocycles. The monoisotopic (exact) mass is 297 g/mol. The molecule has 0 unspecified atom stereocenters. The van der Waals surface area contributed by atoms with E-state index in [9.17, 15) is 12.8 Å². The molecule has 1 aromatic rings. The van der Waals surface area contributed by atoms with E-state index >= 15 is 0 Å². The van der Waals surface area contributed by atoms with Crippen LogP contribution in [-0.2, 0) is 10.0 Å². The first-order valence-electron chi connectivity index (χ1n) is 6.34. The highest BCUT2D eigenvalue weighted by molar-refractivity contribution is 7.89. The van der Waals surface area contributed by atoms with Crippen LogP contribution in [0.15, 0.2) is 18.2 Å². The number of nitriles is 1. The van der Waals surface area contributed by atoms with Gasteiger partial charge in [-0.15, -0.1) is 0 Å². The lowest BCUT2D eigenvalue weighted by Gasteiger charge is -2.27. The van der Waals surface area contributed by atoms with E-state index in [0.717, 1.165) is 6.42 Å². The molecule has 0 radical (unpaired) electrons. The standard InChI is InChI=1S/C13H16FN3O2S/c1-16-20(18,19)9-11-3-2-6-17(11)13-5-4-10(8-15)7-12(13)14/h4-5,7,11,16H,2-3,6,9H2,1H3/t11-/m0/s1. The van der Waals surface area contributed by atoms with Gasteiger partial charge in [0.05, 0.1) is 23.1 Å². The fraction of sp³-hybridized carbons (Fsp3) is 0.462. The lowest BCUT2D eigenvalue weighted by atomic mass is 10.2. The average molecular weight is 297 g/mol. The number of hydrogen-bond donors (Lipinski definition) is 1. The molecule has 2 rings (SSSR count). The van der Waals surface area contributed by atoms with Gasteiger partial charge in [0, 0.05) is 12.6 Å². The minimum atomic E-state index is -3.34. The van der Waals surface area contributed by atoms with E-state index in [0.29, 0.717) is 18.7 Å². The van der Waals surface area contributed by atoms with Crippen LogP contribution in [0.1, 0.15) is 18.4 Å². The Labute approximate surface area is 118 Å². The van der Waals surface area contributed by atoms with Gasteiger partial charge in [0.1, 0.15) is 5.82 Å². The summed E-state index contributed by atoms with van der Waals surface area (Å²) in [6, 6.07) is 5.90. The highest BCUT2D eigenvalue weighted by Crippen LogP contribution is 2.29. The third kappa shape index (κ3) is 3.08. The van der Waals surface area contributed by atoms with Crippen LogP contribution in [0.5, 0.6) is 0 Å². The van der Waals surface area contributed by atoms with Gasteiger partial charge in [-0.25, -0.2) is 17.5 Å². The van der Waals surface area contributed by atoms with Gasteiger partial charge < -0.3 is 4.90 Å². The van der Waals surface area contributed by atoms with Crippen LogP contribution >= 0.6 is 0 Å². The van der Waals surface area contributed by atoms with Crippen LogP contribution in [0.25, 0.3) is 0 Å². The Balaban J connectivity index is 2.25. The molecule has 0 aliphatic carbocycles. The summed E-state index contributed by atoms with van der Waals surface area (Å²) in [4.78, 5) is 1.77. The summed E-state index contributed by atoms with van der Waals surface area (Å²) in [6.45, 7) is 0.618. The van der Waals surface area contributed by atoms with Crippen molar-refractivity contribution in [1.82, 2.24) is 4.72 Å². The van der Waals surface area contributed by atoms with Gasteiger partial charge in [-0.05, 0) is 38.1 Å². The van der Waals surface area contributed by atoms with Gasteiger partial charge in [0.15, 0.2) is 0 Å². The molecular weight excluding hydrogens is 281 g/mol. The molecule has 0 amide bonds. The molecule has 1 aliphatic rings. The second kappa shape index (κ2) is 5.77. The third-order valence-corrected chi connectivity index (χ3v) is 4.93. The molecule has 0 aromatic heterocycles. The summed E-state index contributed by atoms with van der Waals surface area (Å²) in [7, 11) is -1.96. The van der Waals surface area contributed by atoms with E-state index < -0.39 is 15.8 Å². The maximum Gasteiger partial charge on any atom is 0.213 e. The first kappa shape index (κ1) is 14.8. The molecule has 1 N–H and O–H groups in total. The van der Waals surface area contributed by atoms with Crippen molar-refractivity contribution in [3.63, 3.8) is 0 Å². The van der Waals surface area contributed by atoms with Gasteiger partial charge in [0.25, 0.3) is 0 Å². The lowest BCUT2D eigenvalue weighted by Crippen LogP contribution is -2.38. The summed E-state index contributed by atoms with van der Waals surface area (Å²) >= 11 is 0. The van der Waals surface area contributed by atoms with Crippen LogP contribution in [-0.4, -0.2) is 33.8 Å². The Morgan fingerprint density at radius 3 is 2.90 bits per heavy atom. The maximum absolute atomic E-state index is 14.0. The smallest absolute Gasteiger partial charge is 0.213 e. The predicted molar refractivity (Wildman–Crippen MR) is 74.3 cm³/mol. The van der Waals surface area contributed by atoms with Crippen LogP contribution in [0.4, 0.5) is 10.1 Å². The van der Waals surface area contributed by atoms with Gasteiger partial charge in [-0.1, -0.05) is 0 Å². The lowest BCUT2D eigenvalue weighted by molar-refractivity contribution is 0.574. The number of sulfonamides is 1. The number of nitrogens with zero attached hydrogens (tertiary/aromatic N) is 2. The number of benzene rings is 1. The third-order valence-electron chi connectivity index (χ3n) is 3.49. The van der Waals surface area contributed by atoms with Crippen molar-refractivity contribution < 1.29 is 12.8 Å². The summed E-state index contributed by atoms with van der Waals surface area (Å²) in [5.41, 5.74) is 0.614. The SMILES string of the molecule is CNS(=O)(=O)C[C@@H]1CCCN1c1ccc(C#N)cc1F. The quantitative estimate of drug-likeness (QED) is 0.907. The average Bonchev–Trinajstić information content (AvgIpc) is 2.85.